The number of hydrogen-bond acceptors (Lipinski definition) is 3. The molecule has 0 bridgehead atoms. The Morgan fingerprint density at radius 3 is 1.71 bits per heavy atom. The van der Waals surface area contributed by atoms with Crippen LogP contribution in [0.5, 0.6) is 0 Å². The SMILES string of the molecule is SC(S)=C1c2ccccc2Nc2ccccc21. The third kappa shape index (κ3) is 1.75. The molecule has 1 aliphatic heterocycles. The Balaban J connectivity index is 2.33. The third-order valence-corrected chi connectivity index (χ3v) is 3.33. The molecular formula is C14H11NS2. The van der Waals surface area contributed by atoms with E-state index in [-0.39, 0.29) is 0 Å². The molecule has 2 aromatic carbocycles. The number of benzene rings is 2. The molecule has 0 radical (unpaired) electrons. The van der Waals surface area contributed by atoms with E-state index in [0.717, 1.165) is 32.3 Å². The van der Waals surface area contributed by atoms with Gasteiger partial charge in [0, 0.05) is 32.3 Å². The topological polar surface area (TPSA) is 12.0 Å². The third-order valence-electron chi connectivity index (χ3n) is 2.89. The zero-order valence-electron chi connectivity index (χ0n) is 9.01. The van der Waals surface area contributed by atoms with Crippen LogP contribution in [0.1, 0.15) is 11.1 Å². The van der Waals surface area contributed by atoms with Gasteiger partial charge < -0.3 is 5.32 Å². The number of nitrogens with one attached hydrogen (secondary N) is 1. The highest BCUT2D eigenvalue weighted by atomic mass is 32.2. The van der Waals surface area contributed by atoms with Crippen LogP contribution in [0.15, 0.2) is 52.8 Å². The van der Waals surface area contributed by atoms with Crippen molar-refractivity contribution in [2.75, 3.05) is 5.32 Å². The first kappa shape index (κ1) is 10.8. The fourth-order valence-corrected chi connectivity index (χ4v) is 2.63. The van der Waals surface area contributed by atoms with Gasteiger partial charge in [-0.1, -0.05) is 36.4 Å². The van der Waals surface area contributed by atoms with E-state index in [2.05, 4.69) is 54.8 Å². The van der Waals surface area contributed by atoms with Crippen molar-refractivity contribution in [2.24, 2.45) is 0 Å². The summed E-state index contributed by atoms with van der Waals surface area (Å²) >= 11 is 8.81. The van der Waals surface area contributed by atoms with E-state index < -0.39 is 0 Å². The van der Waals surface area contributed by atoms with E-state index in [1.165, 1.54) is 0 Å². The van der Waals surface area contributed by atoms with Crippen molar-refractivity contribution in [3.05, 3.63) is 63.9 Å². The second-order valence-corrected chi connectivity index (χ2v) is 5.16. The first-order valence-corrected chi connectivity index (χ1v) is 6.25. The standard InChI is InChI=1S/C14H11NS2/c16-14(17)13-9-5-1-3-7-11(9)15-12-8-4-2-6-10(12)13/h1-8,15-17H. The van der Waals surface area contributed by atoms with Crippen LogP contribution in [-0.4, -0.2) is 0 Å². The summed E-state index contributed by atoms with van der Waals surface area (Å²) in [5.74, 6) is 0. The van der Waals surface area contributed by atoms with Crippen LogP contribution in [-0.2, 0) is 0 Å². The van der Waals surface area contributed by atoms with Crippen molar-refractivity contribution < 1.29 is 0 Å². The minimum Gasteiger partial charge on any atom is -0.355 e. The van der Waals surface area contributed by atoms with Crippen molar-refractivity contribution in [1.29, 1.82) is 0 Å². The molecule has 0 aromatic heterocycles. The molecule has 0 saturated heterocycles. The summed E-state index contributed by atoms with van der Waals surface area (Å²) in [4.78, 5) is 0. The average Bonchev–Trinajstić information content (AvgIpc) is 2.35. The number of para-hydroxylation sites is 2. The predicted octanol–water partition coefficient (Wildman–Crippen LogP) is 4.32. The number of thiol groups is 2. The van der Waals surface area contributed by atoms with Gasteiger partial charge >= 0.3 is 0 Å². The Kier molecular flexibility index (Phi) is 2.65. The molecule has 1 N–H and O–H groups in total. The quantitative estimate of drug-likeness (QED) is 0.509. The molecule has 0 spiro atoms. The van der Waals surface area contributed by atoms with Gasteiger partial charge in [-0.3, -0.25) is 0 Å². The highest BCUT2D eigenvalue weighted by Gasteiger charge is 2.20. The van der Waals surface area contributed by atoms with E-state index >= 15 is 0 Å². The molecule has 3 heteroatoms. The molecule has 0 aliphatic carbocycles. The van der Waals surface area contributed by atoms with Gasteiger partial charge in [0.2, 0.25) is 0 Å². The first-order chi connectivity index (χ1) is 8.27. The van der Waals surface area contributed by atoms with Crippen LogP contribution in [0.3, 0.4) is 0 Å². The highest BCUT2D eigenvalue weighted by Crippen LogP contribution is 2.43. The summed E-state index contributed by atoms with van der Waals surface area (Å²) in [6.07, 6.45) is 0. The van der Waals surface area contributed by atoms with Gasteiger partial charge in [0.25, 0.3) is 0 Å². The Morgan fingerprint density at radius 2 is 1.24 bits per heavy atom. The number of fused-ring (bicyclic) bond motifs is 2. The molecule has 1 aliphatic rings. The van der Waals surface area contributed by atoms with Crippen LogP contribution in [0.25, 0.3) is 5.57 Å². The molecule has 0 unspecified atom stereocenters. The molecule has 0 atom stereocenters. The zero-order valence-corrected chi connectivity index (χ0v) is 10.8. The summed E-state index contributed by atoms with van der Waals surface area (Å²) in [7, 11) is 0. The second kappa shape index (κ2) is 4.17. The summed E-state index contributed by atoms with van der Waals surface area (Å²) in [5, 5.41) is 3.42. The fraction of sp³-hybridized carbons (Fsp3) is 0. The highest BCUT2D eigenvalue weighted by molar-refractivity contribution is 8.05. The molecule has 0 fully saturated rings. The lowest BCUT2D eigenvalue weighted by molar-refractivity contribution is 1.44. The lowest BCUT2D eigenvalue weighted by Crippen LogP contribution is -2.06. The van der Waals surface area contributed by atoms with Crippen LogP contribution >= 0.6 is 25.3 Å². The van der Waals surface area contributed by atoms with Gasteiger partial charge in [0.05, 0.1) is 0 Å². The van der Waals surface area contributed by atoms with Gasteiger partial charge in [-0.15, -0.1) is 25.3 Å². The van der Waals surface area contributed by atoms with E-state index in [9.17, 15) is 0 Å². The lowest BCUT2D eigenvalue weighted by Gasteiger charge is -2.24. The second-order valence-electron chi connectivity index (χ2n) is 3.91. The normalized spacial score (nSPS) is 12.5. The Labute approximate surface area is 111 Å². The lowest BCUT2D eigenvalue weighted by atomic mass is 9.93. The molecule has 1 nitrogen and oxygen atoms in total. The van der Waals surface area contributed by atoms with Crippen molar-refractivity contribution in [3.8, 4) is 0 Å². The smallest absolute Gasteiger partial charge is 0.0464 e. The maximum absolute atomic E-state index is 4.41. The molecule has 84 valence electrons. The number of anilines is 2. The fourth-order valence-electron chi connectivity index (χ4n) is 2.15. The summed E-state index contributed by atoms with van der Waals surface area (Å²) in [5.41, 5.74) is 5.57. The van der Waals surface area contributed by atoms with Crippen LogP contribution < -0.4 is 5.32 Å². The summed E-state index contributed by atoms with van der Waals surface area (Å²) in [6, 6.07) is 16.4. The van der Waals surface area contributed by atoms with E-state index in [0.29, 0.717) is 0 Å². The monoisotopic (exact) mass is 257 g/mol. The predicted molar refractivity (Wildman–Crippen MR) is 80.2 cm³/mol. The Hall–Kier alpha value is -1.32. The average molecular weight is 257 g/mol. The Bertz CT molecular complexity index is 566. The molecule has 17 heavy (non-hydrogen) atoms. The molecule has 1 heterocycles. The first-order valence-electron chi connectivity index (χ1n) is 5.35. The minimum atomic E-state index is 0.742. The van der Waals surface area contributed by atoms with Crippen LogP contribution in [0.2, 0.25) is 0 Å². The van der Waals surface area contributed by atoms with Crippen molar-refractivity contribution in [1.82, 2.24) is 0 Å². The van der Waals surface area contributed by atoms with Gasteiger partial charge in [0.15, 0.2) is 0 Å². The van der Waals surface area contributed by atoms with Gasteiger partial charge in [-0.05, 0) is 12.1 Å². The number of hydrogen-bond donors (Lipinski definition) is 3. The molecule has 2 aromatic rings. The maximum atomic E-state index is 4.41. The molecular weight excluding hydrogens is 246 g/mol. The summed E-state index contributed by atoms with van der Waals surface area (Å²) < 4.78 is 0.742. The molecule has 0 saturated carbocycles. The van der Waals surface area contributed by atoms with Gasteiger partial charge in [-0.25, -0.2) is 0 Å². The van der Waals surface area contributed by atoms with Crippen LogP contribution in [0.4, 0.5) is 11.4 Å². The van der Waals surface area contributed by atoms with Crippen molar-refractivity contribution >= 4 is 42.2 Å². The Morgan fingerprint density at radius 1 is 0.765 bits per heavy atom. The summed E-state index contributed by atoms with van der Waals surface area (Å²) in [6.45, 7) is 0. The van der Waals surface area contributed by atoms with Crippen molar-refractivity contribution in [2.45, 2.75) is 0 Å². The van der Waals surface area contributed by atoms with Gasteiger partial charge in [0.1, 0.15) is 0 Å². The van der Waals surface area contributed by atoms with E-state index in [1.807, 2.05) is 24.3 Å². The molecule has 3 rings (SSSR count). The van der Waals surface area contributed by atoms with Crippen LogP contribution in [0, 0.1) is 0 Å². The van der Waals surface area contributed by atoms with E-state index in [4.69, 9.17) is 0 Å². The number of rotatable bonds is 0. The largest absolute Gasteiger partial charge is 0.355 e. The van der Waals surface area contributed by atoms with E-state index in [1.54, 1.807) is 0 Å². The minimum absolute atomic E-state index is 0.742. The van der Waals surface area contributed by atoms with Crippen molar-refractivity contribution in [3.63, 3.8) is 0 Å². The van der Waals surface area contributed by atoms with Gasteiger partial charge in [-0.2, -0.15) is 0 Å². The molecule has 0 amide bonds. The maximum Gasteiger partial charge on any atom is 0.0464 e. The zero-order chi connectivity index (χ0) is 11.8.